The minimum absolute atomic E-state index is 0.0323. The lowest BCUT2D eigenvalue weighted by Gasteiger charge is -2.35. The van der Waals surface area contributed by atoms with Crippen LogP contribution in [0.1, 0.15) is 49.7 Å². The fourth-order valence-corrected chi connectivity index (χ4v) is 3.16. The molecule has 0 unspecified atom stereocenters. The van der Waals surface area contributed by atoms with Crippen LogP contribution in [-0.2, 0) is 0 Å². The van der Waals surface area contributed by atoms with Crippen molar-refractivity contribution in [2.24, 2.45) is 0 Å². The molecule has 0 radical (unpaired) electrons. The van der Waals surface area contributed by atoms with Crippen LogP contribution >= 0.6 is 11.6 Å². The molecule has 166 valence electrons. The number of amides is 1. The van der Waals surface area contributed by atoms with Crippen molar-refractivity contribution in [3.63, 3.8) is 0 Å². The maximum Gasteiger partial charge on any atom is 0.253 e. The number of alkyl halides is 1. The number of fused-ring (bicyclic) bond motifs is 1. The van der Waals surface area contributed by atoms with Gasteiger partial charge in [0.25, 0.3) is 5.91 Å². The number of hydrogen-bond acceptors (Lipinski definition) is 6. The Kier molecular flexibility index (Phi) is 6.59. The molecule has 0 saturated heterocycles. The van der Waals surface area contributed by atoms with Gasteiger partial charge in [-0.05, 0) is 39.8 Å². The van der Waals surface area contributed by atoms with Gasteiger partial charge in [-0.1, -0.05) is 11.6 Å². The Morgan fingerprint density at radius 1 is 1.29 bits per heavy atom. The molecule has 0 aromatic carbocycles. The number of aliphatic hydroxyl groups is 1. The van der Waals surface area contributed by atoms with Crippen LogP contribution in [0.15, 0.2) is 43.1 Å². The Bertz CT molecular complexity index is 1050. The van der Waals surface area contributed by atoms with Gasteiger partial charge in [0, 0.05) is 36.2 Å². The molecule has 0 aliphatic heterocycles. The van der Waals surface area contributed by atoms with E-state index in [0.717, 1.165) is 0 Å². The lowest BCUT2D eigenvalue weighted by Crippen LogP contribution is -2.54. The zero-order valence-corrected chi connectivity index (χ0v) is 18.6. The zero-order chi connectivity index (χ0) is 22.8. The maximum atomic E-state index is 15.9. The van der Waals surface area contributed by atoms with E-state index in [1.165, 1.54) is 42.4 Å². The van der Waals surface area contributed by atoms with Gasteiger partial charge < -0.3 is 15.7 Å². The number of pyridine rings is 1. The Balaban J connectivity index is 1.98. The quantitative estimate of drug-likeness (QED) is 0.513. The number of nitrogens with one attached hydrogen (secondary N) is 2. The minimum Gasteiger partial charge on any atom is -0.386 e. The van der Waals surface area contributed by atoms with Gasteiger partial charge in [0.2, 0.25) is 0 Å². The summed E-state index contributed by atoms with van der Waals surface area (Å²) in [6, 6.07) is 1.95. The molecular weight excluding hydrogens is 423 g/mol. The van der Waals surface area contributed by atoms with E-state index in [1.807, 2.05) is 20.8 Å². The number of carbonyl (C=O) groups is 1. The number of β-amino-alcohol motifs (C(OH)–C–C–N with tert-alkyl or cyclic N) is 1. The minimum atomic E-state index is -1.88. The second-order valence-electron chi connectivity index (χ2n) is 8.70. The van der Waals surface area contributed by atoms with Crippen molar-refractivity contribution >= 4 is 23.2 Å². The van der Waals surface area contributed by atoms with Crippen molar-refractivity contribution in [3.8, 4) is 0 Å². The topological polar surface area (TPSA) is 104 Å². The number of hydrogen-bond donors (Lipinski definition) is 3. The highest BCUT2D eigenvalue weighted by molar-refractivity contribution is 6.30. The SMILES string of the molecule is CC(C)(C)NC[C@@](C)(O)[C@H](F)[C@H](NC(=O)c1cccnc1)c1cnn2cc(Cl)cnc12. The van der Waals surface area contributed by atoms with E-state index in [9.17, 15) is 9.90 Å². The van der Waals surface area contributed by atoms with Crippen molar-refractivity contribution in [1.29, 1.82) is 0 Å². The molecule has 31 heavy (non-hydrogen) atoms. The van der Waals surface area contributed by atoms with Crippen molar-refractivity contribution in [1.82, 2.24) is 30.2 Å². The molecule has 3 N–H and O–H groups in total. The first-order valence-electron chi connectivity index (χ1n) is 9.79. The van der Waals surface area contributed by atoms with Gasteiger partial charge in [-0.2, -0.15) is 5.10 Å². The molecule has 3 aromatic rings. The lowest BCUT2D eigenvalue weighted by molar-refractivity contribution is -0.0370. The second-order valence-corrected chi connectivity index (χ2v) is 9.13. The predicted octanol–water partition coefficient (Wildman–Crippen LogP) is 2.73. The summed E-state index contributed by atoms with van der Waals surface area (Å²) in [7, 11) is 0. The normalized spacial score (nSPS) is 16.0. The van der Waals surface area contributed by atoms with E-state index in [1.54, 1.807) is 12.1 Å². The third kappa shape index (κ3) is 5.55. The Morgan fingerprint density at radius 3 is 2.68 bits per heavy atom. The first-order valence-corrected chi connectivity index (χ1v) is 10.2. The van der Waals surface area contributed by atoms with Crippen LogP contribution in [0.5, 0.6) is 0 Å². The van der Waals surface area contributed by atoms with E-state index in [4.69, 9.17) is 11.6 Å². The van der Waals surface area contributed by atoms with Crippen LogP contribution in [0.4, 0.5) is 4.39 Å². The molecule has 3 aromatic heterocycles. The number of carbonyl (C=O) groups excluding carboxylic acids is 1. The van der Waals surface area contributed by atoms with Gasteiger partial charge in [-0.25, -0.2) is 13.9 Å². The second kappa shape index (κ2) is 8.86. The summed E-state index contributed by atoms with van der Waals surface area (Å²) in [6.45, 7) is 7.09. The summed E-state index contributed by atoms with van der Waals surface area (Å²) < 4.78 is 17.3. The fraction of sp³-hybridized carbons (Fsp3) is 0.429. The predicted molar refractivity (Wildman–Crippen MR) is 116 cm³/mol. The summed E-state index contributed by atoms with van der Waals surface area (Å²) >= 11 is 5.97. The van der Waals surface area contributed by atoms with Gasteiger partial charge in [0.1, 0.15) is 5.60 Å². The van der Waals surface area contributed by atoms with E-state index < -0.39 is 23.7 Å². The average Bonchev–Trinajstić information content (AvgIpc) is 3.13. The standard InChI is InChI=1S/C21H26ClFN6O2/c1-20(2,3)26-12-21(4,31)17(23)16(28-19(30)13-6-5-7-24-8-13)15-10-27-29-11-14(22)9-25-18(15)29/h5-11,16-17,26,31H,12H2,1-4H3,(H,28,30)/t16-,17-,21-/m1/s1. The molecule has 10 heteroatoms. The Morgan fingerprint density at radius 2 is 2.03 bits per heavy atom. The molecule has 0 saturated carbocycles. The van der Waals surface area contributed by atoms with Crippen molar-refractivity contribution in [2.45, 2.75) is 51.0 Å². The van der Waals surface area contributed by atoms with Crippen molar-refractivity contribution in [2.75, 3.05) is 6.54 Å². The first-order chi connectivity index (χ1) is 14.5. The summed E-state index contributed by atoms with van der Waals surface area (Å²) in [6.07, 6.45) is 5.39. The Hall–Kier alpha value is -2.62. The van der Waals surface area contributed by atoms with Crippen LogP contribution in [0.3, 0.4) is 0 Å². The zero-order valence-electron chi connectivity index (χ0n) is 17.8. The van der Waals surface area contributed by atoms with E-state index in [-0.39, 0.29) is 17.6 Å². The van der Waals surface area contributed by atoms with E-state index in [0.29, 0.717) is 16.2 Å². The summed E-state index contributed by atoms with van der Waals surface area (Å²) in [5.74, 6) is -0.534. The van der Waals surface area contributed by atoms with Crippen LogP contribution < -0.4 is 10.6 Å². The van der Waals surface area contributed by atoms with Crippen molar-refractivity contribution in [3.05, 3.63) is 59.3 Å². The molecule has 1 amide bonds. The third-order valence-electron chi connectivity index (χ3n) is 4.76. The molecule has 0 spiro atoms. The van der Waals surface area contributed by atoms with Crippen LogP contribution in [0.2, 0.25) is 5.02 Å². The van der Waals surface area contributed by atoms with Gasteiger partial charge >= 0.3 is 0 Å². The van der Waals surface area contributed by atoms with Crippen LogP contribution in [0.25, 0.3) is 5.65 Å². The highest BCUT2D eigenvalue weighted by atomic mass is 35.5. The van der Waals surface area contributed by atoms with Gasteiger partial charge in [-0.3, -0.25) is 9.78 Å². The molecule has 0 fully saturated rings. The summed E-state index contributed by atoms with van der Waals surface area (Å²) in [5.41, 5.74) is -1.23. The maximum absolute atomic E-state index is 15.9. The monoisotopic (exact) mass is 448 g/mol. The lowest BCUT2D eigenvalue weighted by atomic mass is 9.90. The number of nitrogens with zero attached hydrogens (tertiary/aromatic N) is 4. The molecule has 0 bridgehead atoms. The van der Waals surface area contributed by atoms with Crippen LogP contribution in [0, 0.1) is 0 Å². The summed E-state index contributed by atoms with van der Waals surface area (Å²) in [5, 5.41) is 21.3. The van der Waals surface area contributed by atoms with Gasteiger partial charge in [0.05, 0.1) is 29.0 Å². The smallest absolute Gasteiger partial charge is 0.253 e. The molecule has 0 aliphatic carbocycles. The highest BCUT2D eigenvalue weighted by Crippen LogP contribution is 2.30. The third-order valence-corrected chi connectivity index (χ3v) is 4.96. The number of aromatic nitrogens is 4. The molecule has 3 atom stereocenters. The molecule has 8 nitrogen and oxygen atoms in total. The summed E-state index contributed by atoms with van der Waals surface area (Å²) in [4.78, 5) is 21.0. The number of rotatable bonds is 7. The molecule has 3 heterocycles. The van der Waals surface area contributed by atoms with Gasteiger partial charge in [0.15, 0.2) is 11.8 Å². The van der Waals surface area contributed by atoms with E-state index in [2.05, 4.69) is 25.7 Å². The Labute approximate surface area is 184 Å². The van der Waals surface area contributed by atoms with Crippen molar-refractivity contribution < 1.29 is 14.3 Å². The molecule has 3 rings (SSSR count). The van der Waals surface area contributed by atoms with Gasteiger partial charge in [-0.15, -0.1) is 0 Å². The average molecular weight is 449 g/mol. The first kappa shape index (κ1) is 23.1. The van der Waals surface area contributed by atoms with E-state index >= 15 is 4.39 Å². The highest BCUT2D eigenvalue weighted by Gasteiger charge is 2.41. The fourth-order valence-electron chi connectivity index (χ4n) is 3.02. The molecular formula is C21H26ClFN6O2. The molecule has 0 aliphatic rings. The number of halogens is 2. The van der Waals surface area contributed by atoms with Crippen LogP contribution in [-0.4, -0.2) is 54.5 Å². The largest absolute Gasteiger partial charge is 0.386 e.